The predicted molar refractivity (Wildman–Crippen MR) is 79.9 cm³/mol. The first-order valence-corrected chi connectivity index (χ1v) is 6.85. The SMILES string of the molecule is C[C@H]1C(=O)NCCN1C(=O)Nc1cccc2cnccc12. The van der Waals surface area contributed by atoms with Gasteiger partial charge in [-0.3, -0.25) is 9.78 Å². The molecule has 3 amide bonds. The topological polar surface area (TPSA) is 74.3 Å². The van der Waals surface area contributed by atoms with Crippen molar-refractivity contribution in [2.24, 2.45) is 0 Å². The lowest BCUT2D eigenvalue weighted by Gasteiger charge is -2.32. The van der Waals surface area contributed by atoms with E-state index in [1.807, 2.05) is 24.3 Å². The highest BCUT2D eigenvalue weighted by Gasteiger charge is 2.29. The molecule has 2 aromatic rings. The molecular formula is C15H16N4O2. The zero-order valence-corrected chi connectivity index (χ0v) is 11.7. The second kappa shape index (κ2) is 5.40. The summed E-state index contributed by atoms with van der Waals surface area (Å²) in [5.41, 5.74) is 0.720. The fourth-order valence-corrected chi connectivity index (χ4v) is 2.48. The summed E-state index contributed by atoms with van der Waals surface area (Å²) < 4.78 is 0. The molecule has 108 valence electrons. The Balaban J connectivity index is 1.85. The second-order valence-electron chi connectivity index (χ2n) is 4.99. The monoisotopic (exact) mass is 284 g/mol. The highest BCUT2D eigenvalue weighted by Crippen LogP contribution is 2.22. The Morgan fingerprint density at radius 1 is 1.43 bits per heavy atom. The van der Waals surface area contributed by atoms with Crippen molar-refractivity contribution in [1.82, 2.24) is 15.2 Å². The molecule has 0 spiro atoms. The number of rotatable bonds is 1. The molecule has 1 aromatic heterocycles. The summed E-state index contributed by atoms with van der Waals surface area (Å²) in [7, 11) is 0. The number of anilines is 1. The zero-order chi connectivity index (χ0) is 14.8. The van der Waals surface area contributed by atoms with Gasteiger partial charge in [0.25, 0.3) is 0 Å². The number of nitrogens with one attached hydrogen (secondary N) is 2. The molecule has 6 heteroatoms. The number of amides is 3. The maximum absolute atomic E-state index is 12.4. The van der Waals surface area contributed by atoms with Crippen molar-refractivity contribution >= 4 is 28.4 Å². The average molecular weight is 284 g/mol. The van der Waals surface area contributed by atoms with E-state index in [1.54, 1.807) is 24.2 Å². The Bertz CT molecular complexity index is 696. The van der Waals surface area contributed by atoms with Gasteiger partial charge in [-0.2, -0.15) is 0 Å². The third-order valence-electron chi connectivity index (χ3n) is 3.68. The van der Waals surface area contributed by atoms with Gasteiger partial charge in [0, 0.05) is 36.3 Å². The number of hydrogen-bond acceptors (Lipinski definition) is 3. The molecule has 21 heavy (non-hydrogen) atoms. The van der Waals surface area contributed by atoms with Crippen LogP contribution in [-0.4, -0.2) is 41.0 Å². The Kier molecular flexibility index (Phi) is 3.43. The van der Waals surface area contributed by atoms with Crippen LogP contribution in [0.1, 0.15) is 6.92 Å². The summed E-state index contributed by atoms with van der Waals surface area (Å²) in [6.07, 6.45) is 3.44. The summed E-state index contributed by atoms with van der Waals surface area (Å²) >= 11 is 0. The van der Waals surface area contributed by atoms with Gasteiger partial charge in [0.2, 0.25) is 5.91 Å². The number of benzene rings is 1. The second-order valence-corrected chi connectivity index (χ2v) is 4.99. The summed E-state index contributed by atoms with van der Waals surface area (Å²) in [5.74, 6) is -0.126. The lowest BCUT2D eigenvalue weighted by atomic mass is 10.1. The average Bonchev–Trinajstić information content (AvgIpc) is 2.50. The normalized spacial score (nSPS) is 18.4. The molecule has 2 N–H and O–H groups in total. The summed E-state index contributed by atoms with van der Waals surface area (Å²) in [6.45, 7) is 2.71. The molecule has 1 aliphatic rings. The van der Waals surface area contributed by atoms with Crippen molar-refractivity contribution in [2.75, 3.05) is 18.4 Å². The molecule has 1 saturated heterocycles. The molecule has 0 bridgehead atoms. The van der Waals surface area contributed by atoms with E-state index in [0.29, 0.717) is 13.1 Å². The summed E-state index contributed by atoms with van der Waals surface area (Å²) in [6, 6.07) is 6.78. The largest absolute Gasteiger partial charge is 0.353 e. The summed E-state index contributed by atoms with van der Waals surface area (Å²) in [4.78, 5) is 29.6. The van der Waals surface area contributed by atoms with E-state index < -0.39 is 6.04 Å². The first kappa shape index (κ1) is 13.4. The molecular weight excluding hydrogens is 268 g/mol. The predicted octanol–water partition coefficient (Wildman–Crippen LogP) is 1.59. The van der Waals surface area contributed by atoms with Crippen molar-refractivity contribution < 1.29 is 9.59 Å². The van der Waals surface area contributed by atoms with E-state index in [4.69, 9.17) is 0 Å². The molecule has 0 radical (unpaired) electrons. The third-order valence-corrected chi connectivity index (χ3v) is 3.68. The van der Waals surface area contributed by atoms with Gasteiger partial charge < -0.3 is 15.5 Å². The van der Waals surface area contributed by atoms with Crippen molar-refractivity contribution in [3.63, 3.8) is 0 Å². The van der Waals surface area contributed by atoms with Gasteiger partial charge >= 0.3 is 6.03 Å². The molecule has 0 aliphatic carbocycles. The van der Waals surface area contributed by atoms with E-state index in [2.05, 4.69) is 15.6 Å². The van der Waals surface area contributed by atoms with Gasteiger partial charge in [-0.05, 0) is 19.1 Å². The molecule has 3 rings (SSSR count). The van der Waals surface area contributed by atoms with Crippen LogP contribution in [0.2, 0.25) is 0 Å². The van der Waals surface area contributed by atoms with Gasteiger partial charge in [-0.1, -0.05) is 12.1 Å². The van der Waals surface area contributed by atoms with Gasteiger partial charge in [0.05, 0.1) is 5.69 Å². The van der Waals surface area contributed by atoms with Crippen molar-refractivity contribution in [1.29, 1.82) is 0 Å². The van der Waals surface area contributed by atoms with Crippen LogP contribution in [0.4, 0.5) is 10.5 Å². The summed E-state index contributed by atoms with van der Waals surface area (Å²) in [5, 5.41) is 7.51. The molecule has 1 aliphatic heterocycles. The fourth-order valence-electron chi connectivity index (χ4n) is 2.48. The molecule has 2 heterocycles. The molecule has 1 aromatic carbocycles. The van der Waals surface area contributed by atoms with E-state index in [-0.39, 0.29) is 11.9 Å². The van der Waals surface area contributed by atoms with Gasteiger partial charge in [0.15, 0.2) is 0 Å². The van der Waals surface area contributed by atoms with Gasteiger partial charge in [0.1, 0.15) is 6.04 Å². The van der Waals surface area contributed by atoms with Crippen LogP contribution in [0.3, 0.4) is 0 Å². The van der Waals surface area contributed by atoms with Crippen LogP contribution in [0.25, 0.3) is 10.8 Å². The number of pyridine rings is 1. The minimum absolute atomic E-state index is 0.126. The molecule has 0 saturated carbocycles. The number of piperazine rings is 1. The Labute approximate surface area is 122 Å². The highest BCUT2D eigenvalue weighted by molar-refractivity contribution is 6.02. The molecule has 1 atom stereocenters. The van der Waals surface area contributed by atoms with Gasteiger partial charge in [-0.25, -0.2) is 4.79 Å². The number of carbonyl (C=O) groups excluding carboxylic acids is 2. The molecule has 6 nitrogen and oxygen atoms in total. The van der Waals surface area contributed by atoms with E-state index in [9.17, 15) is 9.59 Å². The zero-order valence-electron chi connectivity index (χ0n) is 11.7. The maximum atomic E-state index is 12.4. The minimum Gasteiger partial charge on any atom is -0.353 e. The number of fused-ring (bicyclic) bond motifs is 1. The highest BCUT2D eigenvalue weighted by atomic mass is 16.2. The van der Waals surface area contributed by atoms with Crippen LogP contribution in [0.15, 0.2) is 36.7 Å². The quantitative estimate of drug-likeness (QED) is 0.835. The lowest BCUT2D eigenvalue weighted by Crippen LogP contribution is -2.56. The first-order valence-electron chi connectivity index (χ1n) is 6.85. The van der Waals surface area contributed by atoms with Crippen molar-refractivity contribution in [3.05, 3.63) is 36.7 Å². The Hall–Kier alpha value is -2.63. The third kappa shape index (κ3) is 2.52. The number of urea groups is 1. The van der Waals surface area contributed by atoms with E-state index in [1.165, 1.54) is 0 Å². The lowest BCUT2D eigenvalue weighted by molar-refractivity contribution is -0.126. The molecule has 0 unspecified atom stereocenters. The minimum atomic E-state index is -0.463. The standard InChI is InChI=1S/C15H16N4O2/c1-10-14(20)17-7-8-19(10)15(21)18-13-4-2-3-11-9-16-6-5-12(11)13/h2-6,9-10H,7-8H2,1H3,(H,17,20)(H,18,21)/t10-/m0/s1. The van der Waals surface area contributed by atoms with Crippen LogP contribution in [-0.2, 0) is 4.79 Å². The maximum Gasteiger partial charge on any atom is 0.322 e. The fraction of sp³-hybridized carbons (Fsp3) is 0.267. The van der Waals surface area contributed by atoms with Gasteiger partial charge in [-0.15, -0.1) is 0 Å². The number of nitrogens with zero attached hydrogens (tertiary/aromatic N) is 2. The van der Waals surface area contributed by atoms with Crippen molar-refractivity contribution in [2.45, 2.75) is 13.0 Å². The number of aromatic nitrogens is 1. The van der Waals surface area contributed by atoms with Crippen molar-refractivity contribution in [3.8, 4) is 0 Å². The Morgan fingerprint density at radius 3 is 3.14 bits per heavy atom. The number of hydrogen-bond donors (Lipinski definition) is 2. The van der Waals surface area contributed by atoms with Crippen LogP contribution >= 0.6 is 0 Å². The molecule has 1 fully saturated rings. The van der Waals surface area contributed by atoms with Crippen LogP contribution in [0.5, 0.6) is 0 Å². The van der Waals surface area contributed by atoms with E-state index in [0.717, 1.165) is 16.5 Å². The van der Waals surface area contributed by atoms with E-state index >= 15 is 0 Å². The van der Waals surface area contributed by atoms with Crippen LogP contribution < -0.4 is 10.6 Å². The number of carbonyl (C=O) groups is 2. The Morgan fingerprint density at radius 2 is 2.29 bits per heavy atom. The first-order chi connectivity index (χ1) is 10.2. The smallest absolute Gasteiger partial charge is 0.322 e. The van der Waals surface area contributed by atoms with Crippen LogP contribution in [0, 0.1) is 0 Å².